The van der Waals surface area contributed by atoms with Gasteiger partial charge in [-0.05, 0) is 35.7 Å². The minimum atomic E-state index is -4.04. The van der Waals surface area contributed by atoms with Gasteiger partial charge >= 0.3 is 0 Å². The van der Waals surface area contributed by atoms with Crippen molar-refractivity contribution in [2.45, 2.75) is 38.8 Å². The molecule has 0 saturated heterocycles. The summed E-state index contributed by atoms with van der Waals surface area (Å²) in [5.74, 6) is -0.986. The number of anilines is 1. The van der Waals surface area contributed by atoms with Gasteiger partial charge in [0.15, 0.2) is 0 Å². The summed E-state index contributed by atoms with van der Waals surface area (Å²) in [6, 6.07) is 20.7. The average molecular weight is 646 g/mol. The van der Waals surface area contributed by atoms with Crippen molar-refractivity contribution in [1.29, 1.82) is 0 Å². The molecule has 0 spiro atoms. The van der Waals surface area contributed by atoms with Crippen molar-refractivity contribution in [1.82, 2.24) is 10.2 Å². The number of nitrogens with zero attached hydrogens (tertiary/aromatic N) is 3. The predicted octanol–water partition coefficient (Wildman–Crippen LogP) is 4.68. The lowest BCUT2D eigenvalue weighted by molar-refractivity contribution is -0.384. The van der Waals surface area contributed by atoms with E-state index in [0.29, 0.717) is 6.54 Å². The van der Waals surface area contributed by atoms with Gasteiger partial charge in [0, 0.05) is 36.1 Å². The normalized spacial score (nSPS) is 11.9. The van der Waals surface area contributed by atoms with Gasteiger partial charge in [-0.15, -0.1) is 0 Å². The fourth-order valence-electron chi connectivity index (χ4n) is 4.27. The molecule has 0 saturated carbocycles. The molecule has 0 aromatic heterocycles. The number of nitro benzene ring substituents is 1. The lowest BCUT2D eigenvalue weighted by atomic mass is 10.0. The summed E-state index contributed by atoms with van der Waals surface area (Å²) in [4.78, 5) is 39.7. The van der Waals surface area contributed by atoms with Crippen LogP contribution in [0.5, 0.6) is 0 Å². The molecule has 0 aliphatic rings. The Bertz CT molecular complexity index is 1470. The number of benzene rings is 3. The maximum atomic E-state index is 14.0. The molecule has 1 atom stereocenters. The van der Waals surface area contributed by atoms with Crippen LogP contribution in [-0.4, -0.2) is 55.4 Å². The highest BCUT2D eigenvalue weighted by molar-refractivity contribution is 9.10. The van der Waals surface area contributed by atoms with Crippen LogP contribution in [0, 0.1) is 10.1 Å². The van der Waals surface area contributed by atoms with Crippen LogP contribution in [0.4, 0.5) is 11.4 Å². The average Bonchev–Trinajstić information content (AvgIpc) is 2.93. The second-order valence-corrected chi connectivity index (χ2v) is 12.4. The molecule has 1 N–H and O–H groups in total. The van der Waals surface area contributed by atoms with Crippen LogP contribution < -0.4 is 9.62 Å². The van der Waals surface area contributed by atoms with Crippen molar-refractivity contribution in [2.75, 3.05) is 23.7 Å². The number of amides is 2. The minimum absolute atomic E-state index is 0.0236. The Labute approximate surface area is 248 Å². The van der Waals surface area contributed by atoms with Crippen molar-refractivity contribution in [3.05, 3.63) is 105 Å². The van der Waals surface area contributed by atoms with Crippen LogP contribution >= 0.6 is 15.9 Å². The zero-order valence-corrected chi connectivity index (χ0v) is 25.3. The SMILES string of the molecule is CCCCNC(=O)[C@H](Cc1ccccc1)N(Cc1cccc(Br)c1)C(=O)CN(c1cccc([N+](=O)[O-])c1)S(C)(=O)=O. The number of unbranched alkanes of at least 4 members (excludes halogenated alkanes) is 1. The lowest BCUT2D eigenvalue weighted by Gasteiger charge is -2.33. The number of hydrogen-bond acceptors (Lipinski definition) is 6. The molecule has 0 fully saturated rings. The van der Waals surface area contributed by atoms with Crippen molar-refractivity contribution < 1.29 is 22.9 Å². The zero-order valence-electron chi connectivity index (χ0n) is 22.9. The number of carbonyl (C=O) groups is 2. The van der Waals surface area contributed by atoms with Gasteiger partial charge in [0.05, 0.1) is 16.9 Å². The molecule has 0 aliphatic heterocycles. The van der Waals surface area contributed by atoms with E-state index in [1.54, 1.807) is 0 Å². The van der Waals surface area contributed by atoms with Gasteiger partial charge in [0.2, 0.25) is 21.8 Å². The van der Waals surface area contributed by atoms with Gasteiger partial charge in [-0.1, -0.05) is 77.8 Å². The van der Waals surface area contributed by atoms with Crippen LogP contribution in [0.1, 0.15) is 30.9 Å². The zero-order chi connectivity index (χ0) is 30.0. The first-order chi connectivity index (χ1) is 19.5. The Morgan fingerprint density at radius 3 is 2.32 bits per heavy atom. The smallest absolute Gasteiger partial charge is 0.271 e. The highest BCUT2D eigenvalue weighted by Gasteiger charge is 2.33. The van der Waals surface area contributed by atoms with Gasteiger partial charge in [-0.2, -0.15) is 0 Å². The van der Waals surface area contributed by atoms with E-state index >= 15 is 0 Å². The highest BCUT2D eigenvalue weighted by atomic mass is 79.9. The Morgan fingerprint density at radius 2 is 1.68 bits per heavy atom. The van der Waals surface area contributed by atoms with Gasteiger partial charge in [0.1, 0.15) is 12.6 Å². The molecular weight excluding hydrogens is 612 g/mol. The third kappa shape index (κ3) is 9.39. The van der Waals surface area contributed by atoms with Crippen molar-refractivity contribution in [3.63, 3.8) is 0 Å². The fourth-order valence-corrected chi connectivity index (χ4v) is 5.56. The lowest BCUT2D eigenvalue weighted by Crippen LogP contribution is -2.53. The Balaban J connectivity index is 2.05. The maximum Gasteiger partial charge on any atom is 0.271 e. The molecular formula is C29H33BrN4O6S. The molecule has 0 heterocycles. The van der Waals surface area contributed by atoms with Crippen LogP contribution in [0.25, 0.3) is 0 Å². The Kier molecular flexibility index (Phi) is 11.4. The van der Waals surface area contributed by atoms with E-state index in [9.17, 15) is 28.1 Å². The minimum Gasteiger partial charge on any atom is -0.354 e. The molecule has 0 unspecified atom stereocenters. The van der Waals surface area contributed by atoms with Crippen LogP contribution in [0.3, 0.4) is 0 Å². The molecule has 0 radical (unpaired) electrons. The van der Waals surface area contributed by atoms with Crippen molar-refractivity contribution in [3.8, 4) is 0 Å². The summed E-state index contributed by atoms with van der Waals surface area (Å²) in [5, 5.41) is 14.3. The summed E-state index contributed by atoms with van der Waals surface area (Å²) in [7, 11) is -4.04. The van der Waals surface area contributed by atoms with E-state index in [1.165, 1.54) is 23.1 Å². The molecule has 2 amide bonds. The number of nitrogens with one attached hydrogen (secondary N) is 1. The van der Waals surface area contributed by atoms with E-state index in [4.69, 9.17) is 0 Å². The molecule has 0 bridgehead atoms. The van der Waals surface area contributed by atoms with Crippen LogP contribution in [0.15, 0.2) is 83.3 Å². The molecule has 218 valence electrons. The standard InChI is InChI=1S/C29H33BrN4O6S/c1-3-4-16-31-29(36)27(18-22-10-6-5-7-11-22)32(20-23-12-8-13-24(30)17-23)28(35)21-33(41(2,39)40)25-14-9-15-26(19-25)34(37)38/h5-15,17,19,27H,3-4,16,18,20-21H2,1-2H3,(H,31,36)/t27-/m0/s1. The predicted molar refractivity (Wildman–Crippen MR) is 162 cm³/mol. The number of sulfonamides is 1. The molecule has 3 rings (SSSR count). The van der Waals surface area contributed by atoms with E-state index < -0.39 is 33.4 Å². The number of halogens is 1. The van der Waals surface area contributed by atoms with Crippen molar-refractivity contribution in [2.24, 2.45) is 0 Å². The number of rotatable bonds is 14. The van der Waals surface area contributed by atoms with Crippen molar-refractivity contribution >= 4 is 49.1 Å². The third-order valence-corrected chi connectivity index (χ3v) is 7.98. The monoisotopic (exact) mass is 644 g/mol. The Morgan fingerprint density at radius 1 is 1.00 bits per heavy atom. The number of hydrogen-bond donors (Lipinski definition) is 1. The second-order valence-electron chi connectivity index (χ2n) is 9.55. The first kappa shape index (κ1) is 31.8. The summed E-state index contributed by atoms with van der Waals surface area (Å²) in [6.07, 6.45) is 2.76. The second kappa shape index (κ2) is 14.7. The van der Waals surface area contributed by atoms with E-state index in [-0.39, 0.29) is 30.2 Å². The van der Waals surface area contributed by atoms with Gasteiger partial charge in [0.25, 0.3) is 5.69 Å². The van der Waals surface area contributed by atoms with E-state index in [2.05, 4.69) is 21.2 Å². The highest BCUT2D eigenvalue weighted by Crippen LogP contribution is 2.24. The molecule has 0 aliphatic carbocycles. The quantitative estimate of drug-likeness (QED) is 0.154. The summed E-state index contributed by atoms with van der Waals surface area (Å²) < 4.78 is 27.3. The molecule has 3 aromatic carbocycles. The first-order valence-electron chi connectivity index (χ1n) is 13.1. The maximum absolute atomic E-state index is 14.0. The third-order valence-electron chi connectivity index (χ3n) is 6.35. The van der Waals surface area contributed by atoms with Gasteiger partial charge in [-0.25, -0.2) is 8.42 Å². The van der Waals surface area contributed by atoms with E-state index in [0.717, 1.165) is 45.1 Å². The fraction of sp³-hybridized carbons (Fsp3) is 0.310. The number of non-ortho nitro benzene ring substituents is 1. The topological polar surface area (TPSA) is 130 Å². The van der Waals surface area contributed by atoms with Crippen LogP contribution in [0.2, 0.25) is 0 Å². The van der Waals surface area contributed by atoms with E-state index in [1.807, 2.05) is 61.5 Å². The molecule has 12 heteroatoms. The molecule has 3 aromatic rings. The van der Waals surface area contributed by atoms with Crippen LogP contribution in [-0.2, 0) is 32.6 Å². The summed E-state index contributed by atoms with van der Waals surface area (Å²) >= 11 is 3.44. The largest absolute Gasteiger partial charge is 0.354 e. The van der Waals surface area contributed by atoms with Gasteiger partial charge in [-0.3, -0.25) is 24.0 Å². The first-order valence-corrected chi connectivity index (χ1v) is 15.7. The number of carbonyl (C=O) groups excluding carboxylic acids is 2. The molecule has 10 nitrogen and oxygen atoms in total. The van der Waals surface area contributed by atoms with Gasteiger partial charge < -0.3 is 10.2 Å². The Hall–Kier alpha value is -3.77. The summed E-state index contributed by atoms with van der Waals surface area (Å²) in [5.41, 5.74) is 1.22. The molecule has 41 heavy (non-hydrogen) atoms. The number of nitro groups is 1. The summed E-state index contributed by atoms with van der Waals surface area (Å²) in [6.45, 7) is 1.82.